The number of nitrogens with one attached hydrogen (secondary N) is 1. The maximum absolute atomic E-state index is 9.01. The lowest BCUT2D eigenvalue weighted by Gasteiger charge is -2.02. The second-order valence-corrected chi connectivity index (χ2v) is 3.40. The highest BCUT2D eigenvalue weighted by atomic mass is 15.0. The van der Waals surface area contributed by atoms with Crippen LogP contribution in [0.25, 0.3) is 0 Å². The van der Waals surface area contributed by atoms with Crippen LogP contribution in [0.5, 0.6) is 0 Å². The first-order valence-electron chi connectivity index (χ1n) is 5.24. The van der Waals surface area contributed by atoms with Crippen molar-refractivity contribution in [3.05, 3.63) is 60.7 Å². The van der Waals surface area contributed by atoms with Gasteiger partial charge in [-0.3, -0.25) is 0 Å². The summed E-state index contributed by atoms with van der Waals surface area (Å²) in [7, 11) is 0. The average molecular weight is 221 g/mol. The molecule has 0 unspecified atom stereocenters. The van der Waals surface area contributed by atoms with Gasteiger partial charge in [-0.2, -0.15) is 5.26 Å². The zero-order valence-electron chi connectivity index (χ0n) is 9.17. The number of aliphatic imine (C=N–C) groups is 1. The second kappa shape index (κ2) is 5.47. The number of hydrogen-bond donors (Lipinski definition) is 1. The molecule has 0 bridgehead atoms. The molecule has 0 heterocycles. The van der Waals surface area contributed by atoms with Crippen LogP contribution in [0.15, 0.2) is 65.7 Å². The van der Waals surface area contributed by atoms with Crippen LogP contribution >= 0.6 is 0 Å². The third-order valence-electron chi connectivity index (χ3n) is 2.14. The largest absolute Gasteiger partial charge is 0.331 e. The van der Waals surface area contributed by atoms with Gasteiger partial charge in [0.2, 0.25) is 5.84 Å². The summed E-state index contributed by atoms with van der Waals surface area (Å²) in [4.78, 5) is 4.22. The fourth-order valence-electron chi connectivity index (χ4n) is 1.37. The van der Waals surface area contributed by atoms with E-state index in [9.17, 15) is 0 Å². The van der Waals surface area contributed by atoms with Gasteiger partial charge in [0.1, 0.15) is 6.07 Å². The highest BCUT2D eigenvalue weighted by Gasteiger charge is 1.98. The van der Waals surface area contributed by atoms with E-state index in [1.165, 1.54) is 0 Å². The Morgan fingerprint density at radius 2 is 1.53 bits per heavy atom. The molecule has 0 aliphatic carbocycles. The van der Waals surface area contributed by atoms with Crippen molar-refractivity contribution in [2.24, 2.45) is 4.99 Å². The quantitative estimate of drug-likeness (QED) is 0.624. The van der Waals surface area contributed by atoms with Gasteiger partial charge in [-0.05, 0) is 24.3 Å². The van der Waals surface area contributed by atoms with E-state index < -0.39 is 0 Å². The molecule has 0 spiro atoms. The van der Waals surface area contributed by atoms with Crippen LogP contribution in [0.1, 0.15) is 0 Å². The maximum atomic E-state index is 9.01. The van der Waals surface area contributed by atoms with Crippen molar-refractivity contribution in [1.82, 2.24) is 0 Å². The fraction of sp³-hybridized carbons (Fsp3) is 0. The van der Waals surface area contributed by atoms with Gasteiger partial charge in [-0.1, -0.05) is 36.4 Å². The number of nitrogens with zero attached hydrogens (tertiary/aromatic N) is 2. The Morgan fingerprint density at radius 1 is 0.941 bits per heavy atom. The smallest absolute Gasteiger partial charge is 0.211 e. The molecular formula is C14H11N3. The van der Waals surface area contributed by atoms with Crippen molar-refractivity contribution in [1.29, 1.82) is 5.26 Å². The van der Waals surface area contributed by atoms with Crippen molar-refractivity contribution in [2.75, 3.05) is 5.32 Å². The van der Waals surface area contributed by atoms with Gasteiger partial charge in [0.25, 0.3) is 0 Å². The highest BCUT2D eigenvalue weighted by molar-refractivity contribution is 6.07. The molecule has 0 saturated heterocycles. The SMILES string of the molecule is N#CC(=Nc1ccccc1)Nc1ccccc1. The van der Waals surface area contributed by atoms with Gasteiger partial charge in [0.05, 0.1) is 5.69 Å². The summed E-state index contributed by atoms with van der Waals surface area (Å²) in [6.07, 6.45) is 0. The van der Waals surface area contributed by atoms with Crippen LogP contribution in [0.4, 0.5) is 11.4 Å². The summed E-state index contributed by atoms with van der Waals surface area (Å²) in [5.74, 6) is 0.280. The molecule has 0 aromatic heterocycles. The molecule has 0 amide bonds. The lowest BCUT2D eigenvalue weighted by atomic mass is 10.3. The van der Waals surface area contributed by atoms with E-state index >= 15 is 0 Å². The predicted octanol–water partition coefficient (Wildman–Crippen LogP) is 3.35. The van der Waals surface area contributed by atoms with E-state index in [0.717, 1.165) is 11.4 Å². The molecule has 0 radical (unpaired) electrons. The minimum Gasteiger partial charge on any atom is -0.331 e. The fourth-order valence-corrected chi connectivity index (χ4v) is 1.37. The van der Waals surface area contributed by atoms with Crippen LogP contribution in [0.2, 0.25) is 0 Å². The summed E-state index contributed by atoms with van der Waals surface area (Å²) in [6, 6.07) is 20.9. The molecule has 0 aliphatic rings. The molecule has 2 rings (SSSR count). The minimum absolute atomic E-state index is 0.280. The van der Waals surface area contributed by atoms with Gasteiger partial charge in [0.15, 0.2) is 0 Å². The van der Waals surface area contributed by atoms with Gasteiger partial charge < -0.3 is 5.32 Å². The van der Waals surface area contributed by atoms with Crippen molar-refractivity contribution in [3.8, 4) is 6.07 Å². The Labute approximate surface area is 100 Å². The van der Waals surface area contributed by atoms with Crippen molar-refractivity contribution in [2.45, 2.75) is 0 Å². The Kier molecular flexibility index (Phi) is 3.51. The molecule has 82 valence electrons. The molecule has 0 aliphatic heterocycles. The van der Waals surface area contributed by atoms with E-state index in [2.05, 4.69) is 10.3 Å². The zero-order valence-corrected chi connectivity index (χ0v) is 9.17. The number of benzene rings is 2. The zero-order chi connectivity index (χ0) is 11.9. The van der Waals surface area contributed by atoms with E-state index in [0.29, 0.717) is 0 Å². The normalized spacial score (nSPS) is 10.6. The van der Waals surface area contributed by atoms with Crippen molar-refractivity contribution < 1.29 is 0 Å². The van der Waals surface area contributed by atoms with Crippen LogP contribution in [-0.2, 0) is 0 Å². The number of anilines is 1. The molecule has 1 N–H and O–H groups in total. The molecule has 0 saturated carbocycles. The lowest BCUT2D eigenvalue weighted by molar-refractivity contribution is 1.47. The first kappa shape index (κ1) is 10.9. The third kappa shape index (κ3) is 3.18. The van der Waals surface area contributed by atoms with Crippen molar-refractivity contribution in [3.63, 3.8) is 0 Å². The minimum atomic E-state index is 0.280. The van der Waals surface area contributed by atoms with Crippen LogP contribution in [0, 0.1) is 11.3 Å². The number of rotatable bonds is 2. The van der Waals surface area contributed by atoms with Gasteiger partial charge in [-0.15, -0.1) is 0 Å². The topological polar surface area (TPSA) is 48.2 Å². The van der Waals surface area contributed by atoms with E-state index in [1.54, 1.807) is 0 Å². The second-order valence-electron chi connectivity index (χ2n) is 3.40. The summed E-state index contributed by atoms with van der Waals surface area (Å²) >= 11 is 0. The number of hydrogen-bond acceptors (Lipinski definition) is 2. The standard InChI is InChI=1S/C14H11N3/c15-11-14(16-12-7-3-1-4-8-12)17-13-9-5-2-6-10-13/h1-10H,(H,16,17). The van der Waals surface area contributed by atoms with Crippen molar-refractivity contribution >= 4 is 17.2 Å². The van der Waals surface area contributed by atoms with E-state index in [-0.39, 0.29) is 5.84 Å². The maximum Gasteiger partial charge on any atom is 0.211 e. The van der Waals surface area contributed by atoms with Crippen LogP contribution in [0.3, 0.4) is 0 Å². The Hall–Kier alpha value is -2.60. The Bertz CT molecular complexity index is 539. The Balaban J connectivity index is 2.19. The van der Waals surface area contributed by atoms with E-state index in [4.69, 9.17) is 5.26 Å². The Morgan fingerprint density at radius 3 is 2.12 bits per heavy atom. The molecule has 0 fully saturated rings. The summed E-state index contributed by atoms with van der Waals surface area (Å²) in [5.41, 5.74) is 1.61. The summed E-state index contributed by atoms with van der Waals surface area (Å²) in [6.45, 7) is 0. The first-order chi connectivity index (χ1) is 8.38. The monoisotopic (exact) mass is 221 g/mol. The molecule has 0 atom stereocenters. The summed E-state index contributed by atoms with van der Waals surface area (Å²) in [5, 5.41) is 12.0. The lowest BCUT2D eigenvalue weighted by Crippen LogP contribution is -2.08. The molecular weight excluding hydrogens is 210 g/mol. The number of para-hydroxylation sites is 2. The average Bonchev–Trinajstić information content (AvgIpc) is 2.40. The molecule has 2 aromatic carbocycles. The number of amidine groups is 1. The summed E-state index contributed by atoms with van der Waals surface area (Å²) < 4.78 is 0. The van der Waals surface area contributed by atoms with Crippen LogP contribution < -0.4 is 5.32 Å². The number of nitriles is 1. The first-order valence-corrected chi connectivity index (χ1v) is 5.24. The van der Waals surface area contributed by atoms with Crippen LogP contribution in [-0.4, -0.2) is 5.84 Å². The molecule has 17 heavy (non-hydrogen) atoms. The molecule has 3 heteroatoms. The highest BCUT2D eigenvalue weighted by Crippen LogP contribution is 2.11. The third-order valence-corrected chi connectivity index (χ3v) is 2.14. The molecule has 3 nitrogen and oxygen atoms in total. The van der Waals surface area contributed by atoms with Gasteiger partial charge in [0, 0.05) is 5.69 Å². The predicted molar refractivity (Wildman–Crippen MR) is 69.2 cm³/mol. The van der Waals surface area contributed by atoms with Gasteiger partial charge >= 0.3 is 0 Å². The van der Waals surface area contributed by atoms with Gasteiger partial charge in [-0.25, -0.2) is 4.99 Å². The molecule has 2 aromatic rings. The van der Waals surface area contributed by atoms with E-state index in [1.807, 2.05) is 66.7 Å².